The number of aromatic nitrogens is 2. The van der Waals surface area contributed by atoms with E-state index in [-0.39, 0.29) is 12.1 Å². The molecule has 2 aliphatic heterocycles. The molecule has 0 aliphatic carbocycles. The van der Waals surface area contributed by atoms with E-state index in [0.29, 0.717) is 0 Å². The second-order valence-corrected chi connectivity index (χ2v) is 7.14. The van der Waals surface area contributed by atoms with Gasteiger partial charge in [-0.05, 0) is 50.8 Å². The Labute approximate surface area is 145 Å². The van der Waals surface area contributed by atoms with E-state index in [0.717, 1.165) is 44.9 Å². The van der Waals surface area contributed by atoms with E-state index in [9.17, 15) is 4.79 Å². The monoisotopic (exact) mass is 333 g/mol. The first-order chi connectivity index (χ1) is 11.8. The lowest BCUT2D eigenvalue weighted by molar-refractivity contribution is 0.170. The molecule has 2 amide bonds. The molecule has 1 N–H and O–H groups in total. The van der Waals surface area contributed by atoms with Gasteiger partial charge in [-0.1, -0.05) is 13.3 Å². The molecule has 1 atom stereocenters. The Morgan fingerprint density at radius 2 is 2.08 bits per heavy atom. The normalized spacial score (nSPS) is 22.9. The van der Waals surface area contributed by atoms with Crippen LogP contribution >= 0.6 is 0 Å². The fraction of sp³-hybridized carbons (Fsp3) is 0.778. The molecular formula is C18H31N5O. The lowest BCUT2D eigenvalue weighted by Crippen LogP contribution is -2.47. The van der Waals surface area contributed by atoms with E-state index in [2.05, 4.69) is 22.2 Å². The van der Waals surface area contributed by atoms with Crippen LogP contribution in [-0.2, 0) is 6.54 Å². The molecule has 1 aromatic rings. The van der Waals surface area contributed by atoms with Gasteiger partial charge in [-0.25, -0.2) is 4.79 Å². The van der Waals surface area contributed by atoms with Crippen molar-refractivity contribution in [3.63, 3.8) is 0 Å². The summed E-state index contributed by atoms with van der Waals surface area (Å²) in [4.78, 5) is 17.0. The first-order valence-electron chi connectivity index (χ1n) is 9.50. The van der Waals surface area contributed by atoms with Crippen molar-refractivity contribution in [2.75, 3.05) is 32.7 Å². The Hall–Kier alpha value is -1.56. The number of amides is 2. The first-order valence-corrected chi connectivity index (χ1v) is 9.50. The lowest BCUT2D eigenvalue weighted by atomic mass is 9.94. The first kappa shape index (κ1) is 17.3. The van der Waals surface area contributed by atoms with Gasteiger partial charge in [0.05, 0.1) is 12.6 Å². The van der Waals surface area contributed by atoms with Crippen molar-refractivity contribution in [2.24, 2.45) is 5.92 Å². The second-order valence-electron chi connectivity index (χ2n) is 7.14. The third-order valence-electron chi connectivity index (χ3n) is 5.58. The zero-order valence-corrected chi connectivity index (χ0v) is 14.9. The Balaban J connectivity index is 1.38. The van der Waals surface area contributed by atoms with Crippen LogP contribution in [0, 0.1) is 5.92 Å². The van der Waals surface area contributed by atoms with E-state index in [1.54, 1.807) is 6.20 Å². The van der Waals surface area contributed by atoms with Crippen LogP contribution in [0.25, 0.3) is 0 Å². The Morgan fingerprint density at radius 1 is 1.25 bits per heavy atom. The molecule has 24 heavy (non-hydrogen) atoms. The van der Waals surface area contributed by atoms with Gasteiger partial charge in [-0.15, -0.1) is 0 Å². The van der Waals surface area contributed by atoms with Crippen LogP contribution in [0.3, 0.4) is 0 Å². The molecule has 134 valence electrons. The van der Waals surface area contributed by atoms with Gasteiger partial charge in [0.1, 0.15) is 0 Å². The third kappa shape index (κ3) is 4.50. The fourth-order valence-electron chi connectivity index (χ4n) is 3.96. The molecule has 2 aliphatic rings. The van der Waals surface area contributed by atoms with Crippen molar-refractivity contribution in [1.82, 2.24) is 24.9 Å². The van der Waals surface area contributed by atoms with Crippen molar-refractivity contribution in [2.45, 2.75) is 51.6 Å². The summed E-state index contributed by atoms with van der Waals surface area (Å²) in [6, 6.07) is 2.29. The summed E-state index contributed by atoms with van der Waals surface area (Å²) in [6.45, 7) is 8.03. The molecule has 0 unspecified atom stereocenters. The van der Waals surface area contributed by atoms with E-state index >= 15 is 0 Å². The van der Waals surface area contributed by atoms with Crippen molar-refractivity contribution in [3.05, 3.63) is 18.5 Å². The number of nitrogens with one attached hydrogen (secondary N) is 1. The molecule has 2 fully saturated rings. The zero-order chi connectivity index (χ0) is 16.8. The maximum atomic E-state index is 12.5. The largest absolute Gasteiger partial charge is 0.337 e. The molecule has 0 bridgehead atoms. The third-order valence-corrected chi connectivity index (χ3v) is 5.58. The highest BCUT2D eigenvalue weighted by atomic mass is 16.2. The molecule has 0 spiro atoms. The highest BCUT2D eigenvalue weighted by molar-refractivity contribution is 5.74. The molecular weight excluding hydrogens is 302 g/mol. The molecule has 0 saturated carbocycles. The minimum atomic E-state index is 0.0908. The summed E-state index contributed by atoms with van der Waals surface area (Å²) in [7, 11) is 0. The van der Waals surface area contributed by atoms with Crippen molar-refractivity contribution in [3.8, 4) is 0 Å². The van der Waals surface area contributed by atoms with Crippen LogP contribution in [0.5, 0.6) is 0 Å². The average molecular weight is 333 g/mol. The minimum absolute atomic E-state index is 0.0908. The van der Waals surface area contributed by atoms with Crippen LogP contribution < -0.4 is 5.32 Å². The van der Waals surface area contributed by atoms with Crippen LogP contribution in [0.4, 0.5) is 4.79 Å². The van der Waals surface area contributed by atoms with Crippen LogP contribution in [0.1, 0.15) is 39.0 Å². The van der Waals surface area contributed by atoms with E-state index in [1.807, 2.05) is 21.8 Å². The number of carbonyl (C=O) groups is 1. The minimum Gasteiger partial charge on any atom is -0.337 e. The predicted molar refractivity (Wildman–Crippen MR) is 94.8 cm³/mol. The van der Waals surface area contributed by atoms with E-state index < -0.39 is 0 Å². The SMILES string of the molecule is CCC1CCN(CCNC(=O)N2CCC[C@@H]2Cn2cccn2)CC1. The van der Waals surface area contributed by atoms with Gasteiger partial charge < -0.3 is 15.1 Å². The zero-order valence-electron chi connectivity index (χ0n) is 14.9. The molecule has 3 rings (SSSR count). The van der Waals surface area contributed by atoms with Crippen LogP contribution in [-0.4, -0.2) is 64.4 Å². The molecule has 0 radical (unpaired) electrons. The number of nitrogens with zero attached hydrogens (tertiary/aromatic N) is 4. The number of likely N-dealkylation sites (tertiary alicyclic amines) is 2. The summed E-state index contributed by atoms with van der Waals surface area (Å²) < 4.78 is 1.92. The maximum absolute atomic E-state index is 12.5. The standard InChI is InChI=1S/C18H31N5O/c1-2-16-6-12-21(13-7-16)14-9-19-18(24)23-11-3-5-17(23)15-22-10-4-8-20-22/h4,8,10,16-17H,2-3,5-7,9,11-15H2,1H3,(H,19,24)/t17-/m1/s1. The topological polar surface area (TPSA) is 53.4 Å². The Bertz CT molecular complexity index is 496. The second kappa shape index (κ2) is 8.51. The highest BCUT2D eigenvalue weighted by Gasteiger charge is 2.29. The van der Waals surface area contributed by atoms with Crippen LogP contribution in [0.2, 0.25) is 0 Å². The molecule has 6 heteroatoms. The highest BCUT2D eigenvalue weighted by Crippen LogP contribution is 2.20. The van der Waals surface area contributed by atoms with Crippen molar-refractivity contribution < 1.29 is 4.79 Å². The van der Waals surface area contributed by atoms with Crippen LogP contribution in [0.15, 0.2) is 18.5 Å². The summed E-state index contributed by atoms with van der Waals surface area (Å²) in [6.07, 6.45) is 9.83. The Morgan fingerprint density at radius 3 is 2.79 bits per heavy atom. The number of rotatable bonds is 6. The fourth-order valence-corrected chi connectivity index (χ4v) is 3.96. The van der Waals surface area contributed by atoms with Crippen molar-refractivity contribution >= 4 is 6.03 Å². The molecule has 2 saturated heterocycles. The lowest BCUT2D eigenvalue weighted by Gasteiger charge is -2.32. The van der Waals surface area contributed by atoms with Gasteiger partial charge in [-0.2, -0.15) is 5.10 Å². The number of piperidine rings is 1. The van der Waals surface area contributed by atoms with Gasteiger partial charge >= 0.3 is 6.03 Å². The number of hydrogen-bond donors (Lipinski definition) is 1. The van der Waals surface area contributed by atoms with Gasteiger partial charge in [0, 0.05) is 32.0 Å². The summed E-state index contributed by atoms with van der Waals surface area (Å²) in [5, 5.41) is 7.38. The molecule has 3 heterocycles. The quantitative estimate of drug-likeness (QED) is 0.868. The number of carbonyl (C=O) groups excluding carboxylic acids is 1. The smallest absolute Gasteiger partial charge is 0.317 e. The molecule has 6 nitrogen and oxygen atoms in total. The summed E-state index contributed by atoms with van der Waals surface area (Å²) >= 11 is 0. The van der Waals surface area contributed by atoms with E-state index in [1.165, 1.54) is 32.4 Å². The molecule has 0 aromatic carbocycles. The van der Waals surface area contributed by atoms with Gasteiger partial charge in [0.25, 0.3) is 0 Å². The number of urea groups is 1. The predicted octanol–water partition coefficient (Wildman–Crippen LogP) is 2.18. The molecule has 1 aromatic heterocycles. The van der Waals surface area contributed by atoms with Gasteiger partial charge in [-0.3, -0.25) is 4.68 Å². The maximum Gasteiger partial charge on any atom is 0.317 e. The van der Waals surface area contributed by atoms with Gasteiger partial charge in [0.2, 0.25) is 0 Å². The van der Waals surface area contributed by atoms with E-state index in [4.69, 9.17) is 0 Å². The Kier molecular flexibility index (Phi) is 6.12. The summed E-state index contributed by atoms with van der Waals surface area (Å²) in [5.41, 5.74) is 0. The van der Waals surface area contributed by atoms with Crippen molar-refractivity contribution in [1.29, 1.82) is 0 Å². The number of hydrogen-bond acceptors (Lipinski definition) is 3. The summed E-state index contributed by atoms with van der Waals surface area (Å²) in [5.74, 6) is 0.906. The average Bonchev–Trinajstić information content (AvgIpc) is 3.28. The van der Waals surface area contributed by atoms with Gasteiger partial charge in [0.15, 0.2) is 0 Å².